The number of urea groups is 1. The Hall–Kier alpha value is -2.11. The summed E-state index contributed by atoms with van der Waals surface area (Å²) in [6.45, 7) is 3.35. The molecule has 2 N–H and O–H groups in total. The Morgan fingerprint density at radius 3 is 2.89 bits per heavy atom. The predicted octanol–water partition coefficient (Wildman–Crippen LogP) is 1.01. The molecule has 1 saturated heterocycles. The van der Waals surface area contributed by atoms with Crippen LogP contribution < -0.4 is 5.32 Å². The lowest BCUT2D eigenvalue weighted by molar-refractivity contribution is -0.147. The third kappa shape index (κ3) is 2.01. The largest absolute Gasteiger partial charge is 0.480 e. The normalized spacial score (nSPS) is 19.8. The maximum absolute atomic E-state index is 11.8. The molecular formula is C12H15N3O3. The first kappa shape index (κ1) is 12.3. The van der Waals surface area contributed by atoms with Gasteiger partial charge in [0.15, 0.2) is 0 Å². The van der Waals surface area contributed by atoms with E-state index < -0.39 is 11.5 Å². The number of aliphatic carboxylic acids is 1. The lowest BCUT2D eigenvalue weighted by Gasteiger charge is -2.30. The van der Waals surface area contributed by atoms with E-state index in [1.807, 2.05) is 6.07 Å². The van der Waals surface area contributed by atoms with Crippen molar-refractivity contribution in [3.63, 3.8) is 0 Å². The van der Waals surface area contributed by atoms with E-state index in [9.17, 15) is 9.59 Å². The van der Waals surface area contributed by atoms with E-state index in [2.05, 4.69) is 10.3 Å². The zero-order valence-corrected chi connectivity index (χ0v) is 10.3. The van der Waals surface area contributed by atoms with Crippen LogP contribution in [0.15, 0.2) is 24.5 Å². The molecule has 1 aliphatic rings. The smallest absolute Gasteiger partial charge is 0.329 e. The summed E-state index contributed by atoms with van der Waals surface area (Å²) in [5.74, 6) is -1.02. The molecule has 2 rings (SSSR count). The first-order chi connectivity index (χ1) is 8.43. The Morgan fingerprint density at radius 1 is 1.61 bits per heavy atom. The summed E-state index contributed by atoms with van der Waals surface area (Å²) in [5.41, 5.74) is -0.351. The number of carboxylic acid groups (broad SMARTS) is 1. The van der Waals surface area contributed by atoms with Crippen LogP contribution in [0.3, 0.4) is 0 Å². The molecule has 96 valence electrons. The van der Waals surface area contributed by atoms with Crippen molar-refractivity contribution in [3.8, 4) is 0 Å². The number of carbonyl (C=O) groups is 2. The van der Waals surface area contributed by atoms with Crippen molar-refractivity contribution in [2.75, 3.05) is 6.54 Å². The summed E-state index contributed by atoms with van der Waals surface area (Å²) < 4.78 is 0. The van der Waals surface area contributed by atoms with E-state index in [0.29, 0.717) is 6.54 Å². The van der Waals surface area contributed by atoms with Gasteiger partial charge in [-0.05, 0) is 25.5 Å². The van der Waals surface area contributed by atoms with Crippen LogP contribution in [0.5, 0.6) is 0 Å². The molecule has 1 unspecified atom stereocenters. The second-order valence-electron chi connectivity index (χ2n) is 4.76. The standard InChI is InChI=1S/C12H15N3O3/c1-12(2,10(16)17)15-7-9(14-11(15)18)8-4-3-5-13-6-8/h3-6,9H,7H2,1-2H3,(H,14,18)(H,16,17). The first-order valence-electron chi connectivity index (χ1n) is 5.64. The summed E-state index contributed by atoms with van der Waals surface area (Å²) in [6, 6.07) is 3.06. The van der Waals surface area contributed by atoms with Gasteiger partial charge in [-0.2, -0.15) is 0 Å². The van der Waals surface area contributed by atoms with Gasteiger partial charge in [0, 0.05) is 18.9 Å². The molecule has 1 aromatic rings. The molecule has 0 spiro atoms. The molecule has 1 atom stereocenters. The minimum Gasteiger partial charge on any atom is -0.480 e. The highest BCUT2D eigenvalue weighted by Gasteiger charge is 2.43. The van der Waals surface area contributed by atoms with Gasteiger partial charge in [0.25, 0.3) is 0 Å². The second kappa shape index (κ2) is 4.29. The zero-order chi connectivity index (χ0) is 13.3. The lowest BCUT2D eigenvalue weighted by Crippen LogP contribution is -2.51. The Balaban J connectivity index is 2.20. The maximum atomic E-state index is 11.8. The van der Waals surface area contributed by atoms with Crippen molar-refractivity contribution >= 4 is 12.0 Å². The van der Waals surface area contributed by atoms with Crippen LogP contribution in [0.4, 0.5) is 4.79 Å². The van der Waals surface area contributed by atoms with Crippen molar-refractivity contribution in [1.82, 2.24) is 15.2 Å². The molecule has 1 fully saturated rings. The van der Waals surface area contributed by atoms with Crippen LogP contribution in [-0.2, 0) is 4.79 Å². The molecule has 1 aliphatic heterocycles. The van der Waals surface area contributed by atoms with E-state index in [1.165, 1.54) is 18.7 Å². The zero-order valence-electron chi connectivity index (χ0n) is 10.3. The summed E-state index contributed by atoms with van der Waals surface area (Å²) in [6.07, 6.45) is 3.32. The number of rotatable bonds is 3. The van der Waals surface area contributed by atoms with Gasteiger partial charge in [0.2, 0.25) is 0 Å². The molecular weight excluding hydrogens is 234 g/mol. The Morgan fingerprint density at radius 2 is 2.33 bits per heavy atom. The Bertz CT molecular complexity index is 473. The Labute approximate surface area is 105 Å². The van der Waals surface area contributed by atoms with Crippen molar-refractivity contribution in [3.05, 3.63) is 30.1 Å². The molecule has 1 aromatic heterocycles. The van der Waals surface area contributed by atoms with Gasteiger partial charge in [0.05, 0.1) is 6.04 Å². The Kier molecular flexibility index (Phi) is 2.94. The van der Waals surface area contributed by atoms with E-state index in [1.54, 1.807) is 18.5 Å². The molecule has 18 heavy (non-hydrogen) atoms. The minimum absolute atomic E-state index is 0.218. The van der Waals surface area contributed by atoms with E-state index in [4.69, 9.17) is 5.11 Å². The van der Waals surface area contributed by atoms with Gasteiger partial charge in [0.1, 0.15) is 5.54 Å². The lowest BCUT2D eigenvalue weighted by atomic mass is 10.0. The van der Waals surface area contributed by atoms with Gasteiger partial charge in [-0.15, -0.1) is 0 Å². The third-order valence-electron chi connectivity index (χ3n) is 3.19. The first-order valence-corrected chi connectivity index (χ1v) is 5.64. The van der Waals surface area contributed by atoms with Crippen LogP contribution in [0.2, 0.25) is 0 Å². The number of hydrogen-bond donors (Lipinski definition) is 2. The van der Waals surface area contributed by atoms with Gasteiger partial charge in [-0.3, -0.25) is 4.98 Å². The SMILES string of the molecule is CC(C)(C(=O)O)N1CC(c2cccnc2)NC1=O. The van der Waals surface area contributed by atoms with Crippen LogP contribution in [-0.4, -0.2) is 39.1 Å². The monoisotopic (exact) mass is 249 g/mol. The summed E-state index contributed by atoms with van der Waals surface area (Å²) in [4.78, 5) is 28.3. The fourth-order valence-electron chi connectivity index (χ4n) is 1.91. The molecule has 2 amide bonds. The number of nitrogens with zero attached hydrogens (tertiary/aromatic N) is 2. The van der Waals surface area contributed by atoms with Crippen molar-refractivity contribution < 1.29 is 14.7 Å². The quantitative estimate of drug-likeness (QED) is 0.837. The average molecular weight is 249 g/mol. The number of nitrogens with one attached hydrogen (secondary N) is 1. The average Bonchev–Trinajstić information content (AvgIpc) is 2.73. The number of carbonyl (C=O) groups excluding carboxylic acids is 1. The fourth-order valence-corrected chi connectivity index (χ4v) is 1.91. The highest BCUT2D eigenvalue weighted by molar-refractivity contribution is 5.87. The summed E-state index contributed by atoms with van der Waals surface area (Å²) in [5, 5.41) is 11.9. The maximum Gasteiger partial charge on any atom is 0.329 e. The molecule has 0 aliphatic carbocycles. The van der Waals surface area contributed by atoms with Crippen LogP contribution in [0.1, 0.15) is 25.5 Å². The van der Waals surface area contributed by atoms with Gasteiger partial charge in [-0.25, -0.2) is 9.59 Å². The van der Waals surface area contributed by atoms with E-state index in [-0.39, 0.29) is 12.1 Å². The molecule has 2 heterocycles. The highest BCUT2D eigenvalue weighted by atomic mass is 16.4. The topological polar surface area (TPSA) is 82.5 Å². The van der Waals surface area contributed by atoms with E-state index in [0.717, 1.165) is 5.56 Å². The number of pyridine rings is 1. The molecule has 0 bridgehead atoms. The van der Waals surface area contributed by atoms with Crippen molar-refractivity contribution in [2.24, 2.45) is 0 Å². The van der Waals surface area contributed by atoms with Gasteiger partial charge >= 0.3 is 12.0 Å². The predicted molar refractivity (Wildman–Crippen MR) is 63.9 cm³/mol. The van der Waals surface area contributed by atoms with E-state index >= 15 is 0 Å². The summed E-state index contributed by atoms with van der Waals surface area (Å²) in [7, 11) is 0. The molecule has 0 aromatic carbocycles. The number of aromatic nitrogens is 1. The number of hydrogen-bond acceptors (Lipinski definition) is 3. The number of carboxylic acids is 1. The molecule has 6 nitrogen and oxygen atoms in total. The summed E-state index contributed by atoms with van der Waals surface area (Å²) >= 11 is 0. The molecule has 6 heteroatoms. The highest BCUT2D eigenvalue weighted by Crippen LogP contribution is 2.26. The third-order valence-corrected chi connectivity index (χ3v) is 3.19. The molecule has 0 radical (unpaired) electrons. The molecule has 0 saturated carbocycles. The van der Waals surface area contributed by atoms with Crippen molar-refractivity contribution in [1.29, 1.82) is 0 Å². The van der Waals surface area contributed by atoms with Crippen LogP contribution in [0.25, 0.3) is 0 Å². The second-order valence-corrected chi connectivity index (χ2v) is 4.76. The van der Waals surface area contributed by atoms with Crippen molar-refractivity contribution in [2.45, 2.75) is 25.4 Å². The fraction of sp³-hybridized carbons (Fsp3) is 0.417. The van der Waals surface area contributed by atoms with Gasteiger partial charge < -0.3 is 15.3 Å². The minimum atomic E-state index is -1.22. The van der Waals surface area contributed by atoms with Crippen LogP contribution in [0, 0.1) is 0 Å². The van der Waals surface area contributed by atoms with Crippen LogP contribution >= 0.6 is 0 Å². The van der Waals surface area contributed by atoms with Gasteiger partial charge in [-0.1, -0.05) is 6.07 Å². The number of amides is 2.